The maximum atomic E-state index is 10.6. The Bertz CT molecular complexity index is 584. The molecule has 100 valence electrons. The Morgan fingerprint density at radius 3 is 2.53 bits per heavy atom. The van der Waals surface area contributed by atoms with Gasteiger partial charge in [-0.15, -0.1) is 0 Å². The zero-order chi connectivity index (χ0) is 14.0. The predicted molar refractivity (Wildman–Crippen MR) is 68.4 cm³/mol. The molecule has 19 heavy (non-hydrogen) atoms. The third-order valence-electron chi connectivity index (χ3n) is 2.41. The zero-order valence-corrected chi connectivity index (χ0v) is 10.7. The van der Waals surface area contributed by atoms with Gasteiger partial charge < -0.3 is 10.3 Å². The Morgan fingerprint density at radius 2 is 2.00 bits per heavy atom. The molecule has 2 aromatic rings. The molecule has 0 bridgehead atoms. The highest BCUT2D eigenvalue weighted by atomic mass is 16.6. The van der Waals surface area contributed by atoms with Gasteiger partial charge in [-0.2, -0.15) is 4.98 Å². The van der Waals surface area contributed by atoms with E-state index in [1.807, 2.05) is 13.8 Å². The van der Waals surface area contributed by atoms with Gasteiger partial charge in [0.1, 0.15) is 0 Å². The van der Waals surface area contributed by atoms with Crippen LogP contribution in [0.3, 0.4) is 0 Å². The van der Waals surface area contributed by atoms with Gasteiger partial charge in [0.2, 0.25) is 11.7 Å². The Kier molecular flexibility index (Phi) is 3.30. The van der Waals surface area contributed by atoms with Gasteiger partial charge in [-0.1, -0.05) is 5.16 Å². The van der Waals surface area contributed by atoms with E-state index in [1.54, 1.807) is 12.1 Å². The van der Waals surface area contributed by atoms with Gasteiger partial charge >= 0.3 is 0 Å². The molecule has 0 aliphatic heterocycles. The van der Waals surface area contributed by atoms with E-state index >= 15 is 0 Å². The lowest BCUT2D eigenvalue weighted by Gasteiger charge is -2.14. The molecule has 7 heteroatoms. The van der Waals surface area contributed by atoms with E-state index in [1.165, 1.54) is 12.1 Å². The SMILES string of the molecule is CC(C)(N)Cc1nc(-c2ccc([N+](=O)[O-])cc2)no1. The van der Waals surface area contributed by atoms with Crippen LogP contribution in [-0.4, -0.2) is 20.6 Å². The number of hydrogen-bond donors (Lipinski definition) is 1. The van der Waals surface area contributed by atoms with Crippen molar-refractivity contribution >= 4 is 5.69 Å². The van der Waals surface area contributed by atoms with Gasteiger partial charge in [0.15, 0.2) is 0 Å². The molecule has 0 aliphatic rings. The van der Waals surface area contributed by atoms with E-state index in [0.29, 0.717) is 23.7 Å². The summed E-state index contributed by atoms with van der Waals surface area (Å²) in [6, 6.07) is 5.97. The van der Waals surface area contributed by atoms with E-state index in [0.717, 1.165) is 0 Å². The molecule has 1 heterocycles. The maximum absolute atomic E-state index is 10.6. The standard InChI is InChI=1S/C12H14N4O3/c1-12(2,13)7-10-14-11(15-19-10)8-3-5-9(6-4-8)16(17)18/h3-6H,7,13H2,1-2H3. The Hall–Kier alpha value is -2.28. The number of nitrogens with zero attached hydrogens (tertiary/aromatic N) is 3. The summed E-state index contributed by atoms with van der Waals surface area (Å²) in [4.78, 5) is 14.3. The van der Waals surface area contributed by atoms with E-state index in [-0.39, 0.29) is 5.69 Å². The highest BCUT2D eigenvalue weighted by Crippen LogP contribution is 2.20. The van der Waals surface area contributed by atoms with Gasteiger partial charge in [0.25, 0.3) is 5.69 Å². The fourth-order valence-corrected chi connectivity index (χ4v) is 1.57. The number of nitro benzene ring substituents is 1. The number of nitrogens with two attached hydrogens (primary N) is 1. The van der Waals surface area contributed by atoms with Crippen LogP contribution in [0, 0.1) is 10.1 Å². The molecule has 0 fully saturated rings. The molecule has 7 nitrogen and oxygen atoms in total. The molecule has 2 rings (SSSR count). The predicted octanol–water partition coefficient (Wildman–Crippen LogP) is 1.92. The maximum Gasteiger partial charge on any atom is 0.269 e. The first kappa shape index (κ1) is 13.2. The average Bonchev–Trinajstić information content (AvgIpc) is 2.75. The van der Waals surface area contributed by atoms with Crippen molar-refractivity contribution in [2.24, 2.45) is 5.73 Å². The molecule has 0 saturated heterocycles. The number of benzene rings is 1. The zero-order valence-electron chi connectivity index (χ0n) is 10.7. The minimum atomic E-state index is -0.456. The van der Waals surface area contributed by atoms with Crippen LogP contribution in [0.4, 0.5) is 5.69 Å². The van der Waals surface area contributed by atoms with Crippen LogP contribution in [0.15, 0.2) is 28.8 Å². The first-order valence-corrected chi connectivity index (χ1v) is 5.71. The molecule has 0 saturated carbocycles. The average molecular weight is 262 g/mol. The van der Waals surface area contributed by atoms with Gasteiger partial charge in [0.05, 0.1) is 4.92 Å². The summed E-state index contributed by atoms with van der Waals surface area (Å²) in [7, 11) is 0. The molecule has 0 aliphatic carbocycles. The fraction of sp³-hybridized carbons (Fsp3) is 0.333. The second-order valence-corrected chi connectivity index (χ2v) is 4.98. The van der Waals surface area contributed by atoms with E-state index in [4.69, 9.17) is 10.3 Å². The number of aromatic nitrogens is 2. The lowest BCUT2D eigenvalue weighted by atomic mass is 10.0. The fourth-order valence-electron chi connectivity index (χ4n) is 1.57. The van der Waals surface area contributed by atoms with Gasteiger partial charge in [-0.05, 0) is 26.0 Å². The monoisotopic (exact) mass is 262 g/mol. The van der Waals surface area contributed by atoms with Crippen LogP contribution in [-0.2, 0) is 6.42 Å². The lowest BCUT2D eigenvalue weighted by Crippen LogP contribution is -2.34. The van der Waals surface area contributed by atoms with Crippen molar-refractivity contribution in [1.29, 1.82) is 0 Å². The van der Waals surface area contributed by atoms with Gasteiger partial charge in [-0.25, -0.2) is 0 Å². The van der Waals surface area contributed by atoms with Crippen molar-refractivity contribution in [1.82, 2.24) is 10.1 Å². The minimum absolute atomic E-state index is 0.0237. The lowest BCUT2D eigenvalue weighted by molar-refractivity contribution is -0.384. The highest BCUT2D eigenvalue weighted by molar-refractivity contribution is 5.56. The van der Waals surface area contributed by atoms with Crippen LogP contribution in [0.25, 0.3) is 11.4 Å². The number of non-ortho nitro benzene ring substituents is 1. The van der Waals surface area contributed by atoms with Crippen molar-refractivity contribution in [3.05, 3.63) is 40.3 Å². The topological polar surface area (TPSA) is 108 Å². The summed E-state index contributed by atoms with van der Waals surface area (Å²) < 4.78 is 5.10. The summed E-state index contributed by atoms with van der Waals surface area (Å²) >= 11 is 0. The van der Waals surface area contributed by atoms with Crippen molar-refractivity contribution in [3.63, 3.8) is 0 Å². The molecular weight excluding hydrogens is 248 g/mol. The van der Waals surface area contributed by atoms with Crippen LogP contribution in [0.2, 0.25) is 0 Å². The molecule has 0 radical (unpaired) electrons. The molecular formula is C12H14N4O3. The first-order chi connectivity index (χ1) is 8.85. The molecule has 1 aromatic carbocycles. The Morgan fingerprint density at radius 1 is 1.37 bits per heavy atom. The van der Waals surface area contributed by atoms with Crippen LogP contribution >= 0.6 is 0 Å². The summed E-state index contributed by atoms with van der Waals surface area (Å²) in [6.45, 7) is 3.73. The smallest absolute Gasteiger partial charge is 0.269 e. The first-order valence-electron chi connectivity index (χ1n) is 5.71. The van der Waals surface area contributed by atoms with Crippen molar-refractivity contribution < 1.29 is 9.45 Å². The molecule has 0 amide bonds. The Labute approximate surface area is 109 Å². The van der Waals surface area contributed by atoms with Crippen molar-refractivity contribution in [2.45, 2.75) is 25.8 Å². The van der Waals surface area contributed by atoms with Crippen LogP contribution < -0.4 is 5.73 Å². The third kappa shape index (κ3) is 3.35. The summed E-state index contributed by atoms with van der Waals surface area (Å²) in [5, 5.41) is 14.4. The quantitative estimate of drug-likeness (QED) is 0.666. The Balaban J connectivity index is 2.20. The molecule has 0 unspecified atom stereocenters. The van der Waals surface area contributed by atoms with E-state index in [9.17, 15) is 10.1 Å². The third-order valence-corrected chi connectivity index (χ3v) is 2.41. The normalized spacial score (nSPS) is 11.5. The number of hydrogen-bond acceptors (Lipinski definition) is 6. The van der Waals surface area contributed by atoms with Crippen molar-refractivity contribution in [3.8, 4) is 11.4 Å². The molecule has 0 atom stereocenters. The summed E-state index contributed by atoms with van der Waals surface area (Å²) in [6.07, 6.45) is 0.465. The van der Waals surface area contributed by atoms with Gasteiger partial charge in [0, 0.05) is 29.7 Å². The van der Waals surface area contributed by atoms with Gasteiger partial charge in [-0.3, -0.25) is 10.1 Å². The summed E-state index contributed by atoms with van der Waals surface area (Å²) in [5.74, 6) is 0.843. The van der Waals surface area contributed by atoms with Crippen LogP contribution in [0.1, 0.15) is 19.7 Å². The largest absolute Gasteiger partial charge is 0.339 e. The summed E-state index contributed by atoms with van der Waals surface area (Å²) in [5.41, 5.74) is 6.12. The number of rotatable bonds is 4. The minimum Gasteiger partial charge on any atom is -0.339 e. The number of nitro groups is 1. The molecule has 2 N–H and O–H groups in total. The van der Waals surface area contributed by atoms with E-state index in [2.05, 4.69) is 10.1 Å². The second kappa shape index (κ2) is 4.77. The van der Waals surface area contributed by atoms with E-state index < -0.39 is 10.5 Å². The molecule has 0 spiro atoms. The van der Waals surface area contributed by atoms with Crippen molar-refractivity contribution in [2.75, 3.05) is 0 Å². The second-order valence-electron chi connectivity index (χ2n) is 4.98. The highest BCUT2D eigenvalue weighted by Gasteiger charge is 2.17. The van der Waals surface area contributed by atoms with Crippen LogP contribution in [0.5, 0.6) is 0 Å². The molecule has 1 aromatic heterocycles.